The van der Waals surface area contributed by atoms with Crippen LogP contribution in [0.3, 0.4) is 0 Å². The van der Waals surface area contributed by atoms with Gasteiger partial charge in [-0.15, -0.1) is 16.8 Å². The summed E-state index contributed by atoms with van der Waals surface area (Å²) < 4.78 is 13.4. The number of rotatable bonds is 12. The molecule has 0 saturated heterocycles. The average Bonchev–Trinajstić information content (AvgIpc) is 3.19. The second kappa shape index (κ2) is 11.3. The Kier molecular flexibility index (Phi) is 8.20. The molecule has 0 unspecified atom stereocenters. The molecule has 1 aromatic heterocycles. The molecule has 2 aromatic carbocycles. The van der Waals surface area contributed by atoms with Gasteiger partial charge in [0.2, 0.25) is 0 Å². The molecule has 0 aliphatic carbocycles. The van der Waals surface area contributed by atoms with Gasteiger partial charge >= 0.3 is 0 Å². The third-order valence-corrected chi connectivity index (χ3v) is 5.54. The number of carbonyl (C=O) groups excluding carboxylic acids is 1. The number of nitro groups is 1. The van der Waals surface area contributed by atoms with Gasteiger partial charge in [0, 0.05) is 24.2 Å². The summed E-state index contributed by atoms with van der Waals surface area (Å²) >= 11 is 1.20. The fourth-order valence-corrected chi connectivity index (χ4v) is 3.86. The Morgan fingerprint density at radius 1 is 1.21 bits per heavy atom. The lowest BCUT2D eigenvalue weighted by molar-refractivity contribution is -0.384. The van der Waals surface area contributed by atoms with Gasteiger partial charge in [0.05, 0.1) is 17.3 Å². The zero-order valence-corrected chi connectivity index (χ0v) is 19.2. The highest BCUT2D eigenvalue weighted by molar-refractivity contribution is 7.99. The Hall–Kier alpha value is -3.66. The van der Waals surface area contributed by atoms with Crippen LogP contribution in [0.25, 0.3) is 0 Å². The minimum Gasteiger partial charge on any atom is -0.490 e. The molecule has 0 radical (unpaired) electrons. The van der Waals surface area contributed by atoms with E-state index >= 15 is 0 Å². The zero-order chi connectivity index (χ0) is 23.8. The Morgan fingerprint density at radius 2 is 2.03 bits per heavy atom. The monoisotopic (exact) mass is 468 g/mol. The summed E-state index contributed by atoms with van der Waals surface area (Å²) in [6, 6.07) is 11.4. The molecule has 0 amide bonds. The number of ketones is 1. The van der Waals surface area contributed by atoms with Crippen LogP contribution in [0.15, 0.2) is 60.3 Å². The van der Waals surface area contributed by atoms with Crippen LogP contribution in [-0.4, -0.2) is 37.8 Å². The summed E-state index contributed by atoms with van der Waals surface area (Å²) in [6.45, 7) is 8.77. The van der Waals surface area contributed by atoms with Crippen molar-refractivity contribution in [3.63, 3.8) is 0 Å². The number of nitro benzene ring substituents is 1. The molecule has 172 valence electrons. The van der Waals surface area contributed by atoms with Gasteiger partial charge in [0.15, 0.2) is 28.3 Å². The minimum absolute atomic E-state index is 0.0593. The van der Waals surface area contributed by atoms with Crippen molar-refractivity contribution in [2.45, 2.75) is 32.2 Å². The van der Waals surface area contributed by atoms with Gasteiger partial charge in [-0.25, -0.2) is 0 Å². The summed E-state index contributed by atoms with van der Waals surface area (Å²) in [7, 11) is 0. The highest BCUT2D eigenvalue weighted by Gasteiger charge is 2.17. The van der Waals surface area contributed by atoms with Crippen molar-refractivity contribution < 1.29 is 19.2 Å². The van der Waals surface area contributed by atoms with E-state index in [1.54, 1.807) is 12.1 Å². The molecule has 3 rings (SSSR count). The first-order valence-corrected chi connectivity index (χ1v) is 11.2. The van der Waals surface area contributed by atoms with E-state index in [1.807, 2.05) is 36.6 Å². The summed E-state index contributed by atoms with van der Waals surface area (Å²) in [5, 5.41) is 19.9. The van der Waals surface area contributed by atoms with Crippen molar-refractivity contribution in [1.82, 2.24) is 14.8 Å². The third-order valence-electron chi connectivity index (χ3n) is 4.57. The molecule has 0 N–H and O–H groups in total. The summed E-state index contributed by atoms with van der Waals surface area (Å²) in [4.78, 5) is 23.0. The molecule has 0 atom stereocenters. The van der Waals surface area contributed by atoms with Crippen LogP contribution in [0.2, 0.25) is 0 Å². The van der Waals surface area contributed by atoms with Gasteiger partial charge in [-0.05, 0) is 31.5 Å². The van der Waals surface area contributed by atoms with E-state index in [2.05, 4.69) is 16.8 Å². The Labute approximate surface area is 195 Å². The predicted molar refractivity (Wildman–Crippen MR) is 125 cm³/mol. The van der Waals surface area contributed by atoms with Gasteiger partial charge in [0.1, 0.15) is 6.61 Å². The molecule has 0 aliphatic heterocycles. The van der Waals surface area contributed by atoms with Crippen molar-refractivity contribution >= 4 is 23.2 Å². The SMILES string of the molecule is C=CCn1c(COc2ccc(C)cc2OCC)nnc1SCC(=O)c1cccc([N+](=O)[O-])c1. The second-order valence-electron chi connectivity index (χ2n) is 6.99. The molecule has 1 heterocycles. The average molecular weight is 469 g/mol. The highest BCUT2D eigenvalue weighted by atomic mass is 32.2. The Bertz CT molecular complexity index is 1160. The summed E-state index contributed by atoms with van der Waals surface area (Å²) in [6.07, 6.45) is 1.71. The lowest BCUT2D eigenvalue weighted by Crippen LogP contribution is -2.09. The Balaban J connectivity index is 1.71. The standard InChI is InChI=1S/C23H24N4O5S/c1-4-11-26-22(14-32-20-10-9-16(3)12-21(20)31-5-2)24-25-23(26)33-15-19(28)17-7-6-8-18(13-17)27(29)30/h4,6-10,12-13H,1,5,11,14-15H2,2-3H3. The number of aromatic nitrogens is 3. The number of hydrogen-bond donors (Lipinski definition) is 0. The fraction of sp³-hybridized carbons (Fsp3) is 0.261. The van der Waals surface area contributed by atoms with Crippen LogP contribution in [0.4, 0.5) is 5.69 Å². The first kappa shape index (κ1) is 24.0. The second-order valence-corrected chi connectivity index (χ2v) is 7.93. The number of non-ortho nitro benzene ring substituents is 1. The molecule has 33 heavy (non-hydrogen) atoms. The molecule has 0 saturated carbocycles. The van der Waals surface area contributed by atoms with Crippen LogP contribution in [-0.2, 0) is 13.2 Å². The zero-order valence-electron chi connectivity index (χ0n) is 18.4. The number of Topliss-reactive ketones (excluding diaryl/α,β-unsaturated/α-hetero) is 1. The molecular weight excluding hydrogens is 444 g/mol. The lowest BCUT2D eigenvalue weighted by Gasteiger charge is -2.13. The molecule has 0 spiro atoms. The van der Waals surface area contributed by atoms with E-state index in [9.17, 15) is 14.9 Å². The maximum Gasteiger partial charge on any atom is 0.270 e. The van der Waals surface area contributed by atoms with Gasteiger partial charge in [-0.1, -0.05) is 36.0 Å². The van der Waals surface area contributed by atoms with Crippen molar-refractivity contribution in [2.75, 3.05) is 12.4 Å². The normalized spacial score (nSPS) is 10.6. The van der Waals surface area contributed by atoms with Gasteiger partial charge in [-0.3, -0.25) is 19.5 Å². The van der Waals surface area contributed by atoms with Crippen LogP contribution in [0, 0.1) is 17.0 Å². The predicted octanol–water partition coefficient (Wildman–Crippen LogP) is 4.63. The van der Waals surface area contributed by atoms with E-state index in [1.165, 1.54) is 30.0 Å². The third kappa shape index (κ3) is 6.19. The van der Waals surface area contributed by atoms with E-state index in [0.29, 0.717) is 35.6 Å². The number of aryl methyl sites for hydroxylation is 1. The highest BCUT2D eigenvalue weighted by Crippen LogP contribution is 2.29. The maximum absolute atomic E-state index is 12.5. The molecule has 0 aliphatic rings. The van der Waals surface area contributed by atoms with Crippen molar-refractivity contribution in [1.29, 1.82) is 0 Å². The number of allylic oxidation sites excluding steroid dienone is 1. The number of nitrogens with zero attached hydrogens (tertiary/aromatic N) is 4. The summed E-state index contributed by atoms with van der Waals surface area (Å²) in [5.74, 6) is 1.65. The van der Waals surface area contributed by atoms with Crippen LogP contribution in [0.5, 0.6) is 11.5 Å². The van der Waals surface area contributed by atoms with Crippen LogP contribution in [0.1, 0.15) is 28.7 Å². The number of benzene rings is 2. The topological polar surface area (TPSA) is 109 Å². The first-order valence-electron chi connectivity index (χ1n) is 10.2. The quantitative estimate of drug-likeness (QED) is 0.124. The van der Waals surface area contributed by atoms with Gasteiger partial charge in [-0.2, -0.15) is 0 Å². The van der Waals surface area contributed by atoms with Crippen LogP contribution >= 0.6 is 11.8 Å². The first-order chi connectivity index (χ1) is 15.9. The van der Waals surface area contributed by atoms with Crippen LogP contribution < -0.4 is 9.47 Å². The van der Waals surface area contributed by atoms with E-state index in [4.69, 9.17) is 9.47 Å². The molecule has 3 aromatic rings. The maximum atomic E-state index is 12.5. The molecule has 9 nitrogen and oxygen atoms in total. The van der Waals surface area contributed by atoms with Crippen molar-refractivity contribution in [3.8, 4) is 11.5 Å². The van der Waals surface area contributed by atoms with Crippen molar-refractivity contribution in [2.24, 2.45) is 0 Å². The number of ether oxygens (including phenoxy) is 2. The molecular formula is C23H24N4O5S. The van der Waals surface area contributed by atoms with E-state index in [-0.39, 0.29) is 29.4 Å². The molecule has 0 bridgehead atoms. The Morgan fingerprint density at radius 3 is 2.76 bits per heavy atom. The molecule has 10 heteroatoms. The summed E-state index contributed by atoms with van der Waals surface area (Å²) in [5.41, 5.74) is 1.22. The number of thioether (sulfide) groups is 1. The van der Waals surface area contributed by atoms with E-state index in [0.717, 1.165) is 5.56 Å². The lowest BCUT2D eigenvalue weighted by atomic mass is 10.1. The van der Waals surface area contributed by atoms with Gasteiger partial charge < -0.3 is 9.47 Å². The largest absolute Gasteiger partial charge is 0.490 e. The number of carbonyl (C=O) groups is 1. The van der Waals surface area contributed by atoms with Gasteiger partial charge in [0.25, 0.3) is 5.69 Å². The smallest absolute Gasteiger partial charge is 0.270 e. The number of hydrogen-bond acceptors (Lipinski definition) is 8. The van der Waals surface area contributed by atoms with E-state index < -0.39 is 4.92 Å². The molecule has 0 fully saturated rings. The minimum atomic E-state index is -0.526. The van der Waals surface area contributed by atoms with Crippen molar-refractivity contribution in [3.05, 3.63) is 82.2 Å². The fourth-order valence-electron chi connectivity index (χ4n) is 3.00.